The van der Waals surface area contributed by atoms with Crippen LogP contribution in [0.5, 0.6) is 5.75 Å². The summed E-state index contributed by atoms with van der Waals surface area (Å²) in [5, 5.41) is 5.36. The molecule has 0 amide bonds. The number of thiophene rings is 1. The van der Waals surface area contributed by atoms with E-state index < -0.39 is 0 Å². The number of ether oxygens (including phenoxy) is 1. The molecule has 0 bridgehead atoms. The third kappa shape index (κ3) is 3.55. The third-order valence-electron chi connectivity index (χ3n) is 2.99. The van der Waals surface area contributed by atoms with Crippen LogP contribution in [0.15, 0.2) is 33.4 Å². The summed E-state index contributed by atoms with van der Waals surface area (Å²) in [6, 6.07) is 7.36. The molecule has 0 aliphatic carbocycles. The second-order valence-electron chi connectivity index (χ2n) is 4.20. The molecule has 0 spiro atoms. The van der Waals surface area contributed by atoms with Gasteiger partial charge in [0.25, 0.3) is 0 Å². The summed E-state index contributed by atoms with van der Waals surface area (Å²) in [5.74, 6) is -0.0376. The van der Waals surface area contributed by atoms with Crippen LogP contribution < -0.4 is 10.1 Å². The zero-order chi connectivity index (χ0) is 13.8. The Morgan fingerprint density at radius 3 is 2.74 bits per heavy atom. The van der Waals surface area contributed by atoms with Crippen LogP contribution in [0.2, 0.25) is 0 Å². The minimum atomic E-state index is -0.318. The maximum atomic E-state index is 13.7. The molecule has 2 aromatic rings. The maximum absolute atomic E-state index is 13.7. The van der Waals surface area contributed by atoms with Crippen LogP contribution in [0.25, 0.3) is 0 Å². The number of hydrogen-bond donors (Lipinski definition) is 1. The van der Waals surface area contributed by atoms with Crippen LogP contribution in [0.4, 0.5) is 4.39 Å². The lowest BCUT2D eigenvalue weighted by atomic mass is 10.0. The van der Waals surface area contributed by atoms with Crippen LogP contribution in [0.3, 0.4) is 0 Å². The molecule has 2 nitrogen and oxygen atoms in total. The molecule has 1 aromatic heterocycles. The molecule has 1 unspecified atom stereocenters. The van der Waals surface area contributed by atoms with Crippen molar-refractivity contribution >= 4 is 27.3 Å². The summed E-state index contributed by atoms with van der Waals surface area (Å²) >= 11 is 5.11. The van der Waals surface area contributed by atoms with Gasteiger partial charge in [-0.15, -0.1) is 11.3 Å². The van der Waals surface area contributed by atoms with E-state index in [9.17, 15) is 4.39 Å². The molecule has 0 aliphatic rings. The molecule has 1 heterocycles. The van der Waals surface area contributed by atoms with Crippen molar-refractivity contribution in [1.29, 1.82) is 0 Å². The van der Waals surface area contributed by atoms with Crippen molar-refractivity contribution in [3.63, 3.8) is 0 Å². The Balaban J connectivity index is 2.16. The Hall–Kier alpha value is -0.910. The van der Waals surface area contributed by atoms with Gasteiger partial charge < -0.3 is 10.1 Å². The fraction of sp³-hybridized carbons (Fsp3) is 0.286. The van der Waals surface area contributed by atoms with Crippen molar-refractivity contribution in [3.05, 3.63) is 50.4 Å². The van der Waals surface area contributed by atoms with E-state index in [1.165, 1.54) is 18.7 Å². The lowest BCUT2D eigenvalue weighted by molar-refractivity contribution is 0.386. The Bertz CT molecular complexity index is 558. The molecule has 5 heteroatoms. The lowest BCUT2D eigenvalue weighted by Crippen LogP contribution is -2.18. The Morgan fingerprint density at radius 2 is 2.21 bits per heavy atom. The summed E-state index contributed by atoms with van der Waals surface area (Å²) in [7, 11) is 3.38. The first-order valence-corrected chi connectivity index (χ1v) is 7.55. The monoisotopic (exact) mass is 343 g/mol. The molecular weight excluding hydrogens is 329 g/mol. The second kappa shape index (κ2) is 6.50. The number of hydrogen-bond acceptors (Lipinski definition) is 3. The van der Waals surface area contributed by atoms with Crippen LogP contribution >= 0.6 is 27.3 Å². The fourth-order valence-electron chi connectivity index (χ4n) is 1.97. The minimum absolute atomic E-state index is 0.176. The van der Waals surface area contributed by atoms with Crippen molar-refractivity contribution in [3.8, 4) is 5.75 Å². The Morgan fingerprint density at radius 1 is 1.42 bits per heavy atom. The van der Waals surface area contributed by atoms with Crippen molar-refractivity contribution in [1.82, 2.24) is 5.32 Å². The van der Waals surface area contributed by atoms with Gasteiger partial charge in [0.05, 0.1) is 10.9 Å². The highest BCUT2D eigenvalue weighted by Crippen LogP contribution is 2.28. The smallest absolute Gasteiger partial charge is 0.165 e. The molecule has 102 valence electrons. The third-order valence-corrected chi connectivity index (χ3v) is 4.52. The maximum Gasteiger partial charge on any atom is 0.165 e. The molecule has 1 N–H and O–H groups in total. The molecule has 0 radical (unpaired) electrons. The first kappa shape index (κ1) is 14.5. The van der Waals surface area contributed by atoms with E-state index in [2.05, 4.69) is 32.7 Å². The largest absolute Gasteiger partial charge is 0.494 e. The summed E-state index contributed by atoms with van der Waals surface area (Å²) in [4.78, 5) is 0. The predicted molar refractivity (Wildman–Crippen MR) is 80.5 cm³/mol. The topological polar surface area (TPSA) is 21.3 Å². The van der Waals surface area contributed by atoms with Crippen molar-refractivity contribution in [2.75, 3.05) is 14.2 Å². The first-order valence-electron chi connectivity index (χ1n) is 5.87. The van der Waals surface area contributed by atoms with Gasteiger partial charge in [-0.25, -0.2) is 4.39 Å². The predicted octanol–water partition coefficient (Wildman–Crippen LogP) is 4.16. The molecule has 1 atom stereocenters. The standard InChI is InChI=1S/C14H15BrFNOS/c1-17-12(10-7-14(15)19-8-10)6-9-3-4-13(18-2)11(16)5-9/h3-5,7-8,12,17H,6H2,1-2H3. The average molecular weight is 344 g/mol. The van der Waals surface area contributed by atoms with E-state index >= 15 is 0 Å². The molecule has 0 aliphatic heterocycles. The number of rotatable bonds is 5. The highest BCUT2D eigenvalue weighted by atomic mass is 79.9. The SMILES string of the molecule is CNC(Cc1ccc(OC)c(F)c1)c1csc(Br)c1. The molecule has 0 fully saturated rings. The number of methoxy groups -OCH3 is 1. The Labute approximate surface area is 124 Å². The Kier molecular flexibility index (Phi) is 4.96. The number of halogens is 2. The van der Waals surface area contributed by atoms with Gasteiger partial charge in [-0.2, -0.15) is 0 Å². The number of likely N-dealkylation sites (N-methyl/N-ethyl adjacent to an activating group) is 1. The minimum Gasteiger partial charge on any atom is -0.494 e. The van der Waals surface area contributed by atoms with E-state index in [1.54, 1.807) is 17.4 Å². The van der Waals surface area contributed by atoms with Gasteiger partial charge in [0, 0.05) is 6.04 Å². The number of nitrogens with one attached hydrogen (secondary N) is 1. The zero-order valence-electron chi connectivity index (χ0n) is 10.7. The van der Waals surface area contributed by atoms with Crippen LogP contribution in [-0.4, -0.2) is 14.2 Å². The normalized spacial score (nSPS) is 12.4. The fourth-order valence-corrected chi connectivity index (χ4v) is 3.20. The van der Waals surface area contributed by atoms with Gasteiger partial charge >= 0.3 is 0 Å². The average Bonchev–Trinajstić information content (AvgIpc) is 2.82. The van der Waals surface area contributed by atoms with E-state index in [4.69, 9.17) is 4.74 Å². The number of benzene rings is 1. The van der Waals surface area contributed by atoms with Gasteiger partial charge in [0.2, 0.25) is 0 Å². The quantitative estimate of drug-likeness (QED) is 0.879. The summed E-state index contributed by atoms with van der Waals surface area (Å²) < 4.78 is 19.7. The van der Waals surface area contributed by atoms with E-state index in [0.29, 0.717) is 0 Å². The highest BCUT2D eigenvalue weighted by Gasteiger charge is 2.13. The van der Waals surface area contributed by atoms with Gasteiger partial charge in [-0.3, -0.25) is 0 Å². The van der Waals surface area contributed by atoms with Gasteiger partial charge in [-0.1, -0.05) is 6.07 Å². The molecule has 1 aromatic carbocycles. The van der Waals surface area contributed by atoms with Gasteiger partial charge in [-0.05, 0) is 64.1 Å². The van der Waals surface area contributed by atoms with Crippen LogP contribution in [0, 0.1) is 5.82 Å². The summed E-state index contributed by atoms with van der Waals surface area (Å²) in [6.45, 7) is 0. The van der Waals surface area contributed by atoms with Crippen molar-refractivity contribution in [2.45, 2.75) is 12.5 Å². The highest BCUT2D eigenvalue weighted by molar-refractivity contribution is 9.11. The van der Waals surface area contributed by atoms with Crippen LogP contribution in [0.1, 0.15) is 17.2 Å². The molecule has 0 saturated heterocycles. The summed E-state index contributed by atoms with van der Waals surface area (Å²) in [6.07, 6.45) is 0.737. The van der Waals surface area contributed by atoms with E-state index in [-0.39, 0.29) is 17.6 Å². The molecule has 2 rings (SSSR count). The van der Waals surface area contributed by atoms with Crippen molar-refractivity contribution in [2.24, 2.45) is 0 Å². The van der Waals surface area contributed by atoms with Gasteiger partial charge in [0.1, 0.15) is 0 Å². The van der Waals surface area contributed by atoms with E-state index in [1.807, 2.05) is 13.1 Å². The zero-order valence-corrected chi connectivity index (χ0v) is 13.1. The molecule has 19 heavy (non-hydrogen) atoms. The lowest BCUT2D eigenvalue weighted by Gasteiger charge is -2.15. The van der Waals surface area contributed by atoms with E-state index in [0.717, 1.165) is 15.8 Å². The first-order chi connectivity index (χ1) is 9.13. The van der Waals surface area contributed by atoms with Crippen LogP contribution in [-0.2, 0) is 6.42 Å². The summed E-state index contributed by atoms with van der Waals surface area (Å²) in [5.41, 5.74) is 2.15. The second-order valence-corrected chi connectivity index (χ2v) is 6.49. The molecular formula is C14H15BrFNOS. The van der Waals surface area contributed by atoms with Gasteiger partial charge in [0.15, 0.2) is 11.6 Å². The molecule has 0 saturated carbocycles. The van der Waals surface area contributed by atoms with Crippen molar-refractivity contribution < 1.29 is 9.13 Å².